The summed E-state index contributed by atoms with van der Waals surface area (Å²) in [5, 5.41) is 3.34. The van der Waals surface area contributed by atoms with Crippen LogP contribution >= 0.6 is 0 Å². The van der Waals surface area contributed by atoms with E-state index in [9.17, 15) is 0 Å². The zero-order valence-electron chi connectivity index (χ0n) is 12.1. The highest BCUT2D eigenvalue weighted by molar-refractivity contribution is 5.36. The standard InChI is InChI=1S/C15H26N2O/c1-5-16-9-11-17(3)10-8-14-6-7-15(18-4)13(2)12-14/h6-7,12,16H,5,8-11H2,1-4H3. The Bertz CT molecular complexity index is 352. The van der Waals surface area contributed by atoms with Crippen LogP contribution in [0.1, 0.15) is 18.1 Å². The third kappa shape index (κ3) is 5.07. The fraction of sp³-hybridized carbons (Fsp3) is 0.600. The van der Waals surface area contributed by atoms with Crippen molar-refractivity contribution in [1.82, 2.24) is 10.2 Å². The van der Waals surface area contributed by atoms with E-state index in [4.69, 9.17) is 4.74 Å². The largest absolute Gasteiger partial charge is 0.496 e. The van der Waals surface area contributed by atoms with Crippen molar-refractivity contribution in [3.63, 3.8) is 0 Å². The molecule has 0 aromatic heterocycles. The van der Waals surface area contributed by atoms with Crippen LogP contribution in [0.15, 0.2) is 18.2 Å². The van der Waals surface area contributed by atoms with E-state index in [1.54, 1.807) is 7.11 Å². The molecule has 0 spiro atoms. The lowest BCUT2D eigenvalue weighted by Gasteiger charge is -2.17. The summed E-state index contributed by atoms with van der Waals surface area (Å²) in [6, 6.07) is 6.43. The number of rotatable bonds is 8. The molecule has 0 radical (unpaired) electrons. The maximum absolute atomic E-state index is 5.27. The summed E-state index contributed by atoms with van der Waals surface area (Å²) in [5.41, 5.74) is 2.59. The molecule has 1 N–H and O–H groups in total. The predicted octanol–water partition coefficient (Wildman–Crippen LogP) is 2.09. The average molecular weight is 250 g/mol. The number of aryl methyl sites for hydroxylation is 1. The van der Waals surface area contributed by atoms with E-state index in [1.165, 1.54) is 11.1 Å². The van der Waals surface area contributed by atoms with E-state index in [2.05, 4.69) is 49.3 Å². The van der Waals surface area contributed by atoms with Gasteiger partial charge in [-0.2, -0.15) is 0 Å². The van der Waals surface area contributed by atoms with Gasteiger partial charge in [-0.1, -0.05) is 19.1 Å². The van der Waals surface area contributed by atoms with Crippen LogP contribution in [-0.2, 0) is 6.42 Å². The van der Waals surface area contributed by atoms with Crippen LogP contribution in [-0.4, -0.2) is 45.2 Å². The lowest BCUT2D eigenvalue weighted by atomic mass is 10.1. The topological polar surface area (TPSA) is 24.5 Å². The average Bonchev–Trinajstić information content (AvgIpc) is 2.37. The number of hydrogen-bond acceptors (Lipinski definition) is 3. The Morgan fingerprint density at radius 2 is 2.06 bits per heavy atom. The molecule has 0 amide bonds. The van der Waals surface area contributed by atoms with Gasteiger partial charge in [-0.3, -0.25) is 0 Å². The van der Waals surface area contributed by atoms with E-state index in [0.29, 0.717) is 0 Å². The first-order valence-electron chi connectivity index (χ1n) is 6.70. The van der Waals surface area contributed by atoms with Crippen LogP contribution in [0.4, 0.5) is 0 Å². The molecule has 0 aliphatic carbocycles. The fourth-order valence-electron chi connectivity index (χ4n) is 1.97. The molecular weight excluding hydrogens is 224 g/mol. The molecule has 0 atom stereocenters. The van der Waals surface area contributed by atoms with Gasteiger partial charge < -0.3 is 15.0 Å². The van der Waals surface area contributed by atoms with E-state index in [0.717, 1.165) is 38.3 Å². The summed E-state index contributed by atoms with van der Waals surface area (Å²) in [4.78, 5) is 2.36. The van der Waals surface area contributed by atoms with Crippen LogP contribution in [0.5, 0.6) is 5.75 Å². The van der Waals surface area contributed by atoms with Gasteiger partial charge in [0.1, 0.15) is 5.75 Å². The van der Waals surface area contributed by atoms with Crippen LogP contribution in [0.3, 0.4) is 0 Å². The third-order valence-electron chi connectivity index (χ3n) is 3.16. The number of nitrogens with zero attached hydrogens (tertiary/aromatic N) is 1. The molecule has 0 aliphatic rings. The molecule has 0 saturated carbocycles. The summed E-state index contributed by atoms with van der Waals surface area (Å²) in [5.74, 6) is 0.972. The first kappa shape index (κ1) is 15.0. The van der Waals surface area contributed by atoms with E-state index >= 15 is 0 Å². The van der Waals surface area contributed by atoms with E-state index in [1.807, 2.05) is 0 Å². The Morgan fingerprint density at radius 3 is 2.67 bits per heavy atom. The summed E-state index contributed by atoms with van der Waals surface area (Å²) >= 11 is 0. The highest BCUT2D eigenvalue weighted by Crippen LogP contribution is 2.18. The molecule has 18 heavy (non-hydrogen) atoms. The maximum Gasteiger partial charge on any atom is 0.121 e. The minimum Gasteiger partial charge on any atom is -0.496 e. The van der Waals surface area contributed by atoms with Crippen molar-refractivity contribution in [2.75, 3.05) is 40.3 Å². The van der Waals surface area contributed by atoms with Gasteiger partial charge in [0.15, 0.2) is 0 Å². The van der Waals surface area contributed by atoms with E-state index in [-0.39, 0.29) is 0 Å². The zero-order chi connectivity index (χ0) is 13.4. The van der Waals surface area contributed by atoms with E-state index < -0.39 is 0 Å². The minimum atomic E-state index is 0.972. The molecule has 0 unspecified atom stereocenters. The Kier molecular flexibility index (Phi) is 6.76. The molecule has 0 aliphatic heterocycles. The Morgan fingerprint density at radius 1 is 1.28 bits per heavy atom. The molecule has 1 aromatic carbocycles. The minimum absolute atomic E-state index is 0.972. The molecule has 0 saturated heterocycles. The van der Waals surface area contributed by atoms with Crippen LogP contribution in [0.2, 0.25) is 0 Å². The van der Waals surface area contributed by atoms with Crippen molar-refractivity contribution in [2.24, 2.45) is 0 Å². The quantitative estimate of drug-likeness (QED) is 0.715. The summed E-state index contributed by atoms with van der Waals surface area (Å²) < 4.78 is 5.27. The lowest BCUT2D eigenvalue weighted by molar-refractivity contribution is 0.337. The van der Waals surface area contributed by atoms with Crippen LogP contribution in [0, 0.1) is 6.92 Å². The van der Waals surface area contributed by atoms with Crippen molar-refractivity contribution in [3.8, 4) is 5.75 Å². The highest BCUT2D eigenvalue weighted by Gasteiger charge is 2.02. The molecule has 1 rings (SSSR count). The monoisotopic (exact) mass is 250 g/mol. The normalized spacial score (nSPS) is 10.9. The van der Waals surface area contributed by atoms with Crippen LogP contribution in [0.25, 0.3) is 0 Å². The van der Waals surface area contributed by atoms with Gasteiger partial charge in [0, 0.05) is 19.6 Å². The van der Waals surface area contributed by atoms with Gasteiger partial charge in [-0.05, 0) is 44.1 Å². The number of hydrogen-bond donors (Lipinski definition) is 1. The number of methoxy groups -OCH3 is 1. The van der Waals surface area contributed by atoms with Crippen molar-refractivity contribution < 1.29 is 4.74 Å². The maximum atomic E-state index is 5.27. The first-order valence-corrected chi connectivity index (χ1v) is 6.70. The molecular formula is C15H26N2O. The van der Waals surface area contributed by atoms with Crippen molar-refractivity contribution in [1.29, 1.82) is 0 Å². The Balaban J connectivity index is 2.36. The second-order valence-electron chi connectivity index (χ2n) is 4.71. The first-order chi connectivity index (χ1) is 8.67. The molecule has 1 aromatic rings. The van der Waals surface area contributed by atoms with Gasteiger partial charge in [0.05, 0.1) is 7.11 Å². The van der Waals surface area contributed by atoms with Crippen LogP contribution < -0.4 is 10.1 Å². The third-order valence-corrected chi connectivity index (χ3v) is 3.16. The van der Waals surface area contributed by atoms with Crippen molar-refractivity contribution in [3.05, 3.63) is 29.3 Å². The highest BCUT2D eigenvalue weighted by atomic mass is 16.5. The number of ether oxygens (including phenoxy) is 1. The Hall–Kier alpha value is -1.06. The number of benzene rings is 1. The summed E-state index contributed by atoms with van der Waals surface area (Å²) in [7, 11) is 3.89. The molecule has 0 heterocycles. The van der Waals surface area contributed by atoms with Gasteiger partial charge >= 0.3 is 0 Å². The molecule has 0 bridgehead atoms. The zero-order valence-corrected chi connectivity index (χ0v) is 12.1. The summed E-state index contributed by atoms with van der Waals surface area (Å²) in [6.07, 6.45) is 1.09. The molecule has 102 valence electrons. The smallest absolute Gasteiger partial charge is 0.121 e. The SMILES string of the molecule is CCNCCN(C)CCc1ccc(OC)c(C)c1. The number of nitrogens with one attached hydrogen (secondary N) is 1. The van der Waals surface area contributed by atoms with Crippen molar-refractivity contribution >= 4 is 0 Å². The fourth-order valence-corrected chi connectivity index (χ4v) is 1.97. The lowest BCUT2D eigenvalue weighted by Crippen LogP contribution is -2.30. The second-order valence-corrected chi connectivity index (χ2v) is 4.71. The van der Waals surface area contributed by atoms with Gasteiger partial charge in [0.25, 0.3) is 0 Å². The predicted molar refractivity (Wildman–Crippen MR) is 77.5 cm³/mol. The summed E-state index contributed by atoms with van der Waals surface area (Å²) in [6.45, 7) is 8.54. The van der Waals surface area contributed by atoms with Gasteiger partial charge in [-0.25, -0.2) is 0 Å². The van der Waals surface area contributed by atoms with Gasteiger partial charge in [-0.15, -0.1) is 0 Å². The van der Waals surface area contributed by atoms with Crippen molar-refractivity contribution in [2.45, 2.75) is 20.3 Å². The molecule has 3 nitrogen and oxygen atoms in total. The Labute approximate surface area is 111 Å². The van der Waals surface area contributed by atoms with Gasteiger partial charge in [0.2, 0.25) is 0 Å². The molecule has 0 fully saturated rings. The number of likely N-dealkylation sites (N-methyl/N-ethyl adjacent to an activating group) is 2. The molecule has 3 heteroatoms. The second kappa shape index (κ2) is 8.11.